The molecule has 20 heavy (non-hydrogen) atoms. The topological polar surface area (TPSA) is 34.1 Å². The van der Waals surface area contributed by atoms with E-state index in [0.717, 1.165) is 27.6 Å². The van der Waals surface area contributed by atoms with Gasteiger partial charge in [-0.25, -0.2) is 4.98 Å². The van der Waals surface area contributed by atoms with Gasteiger partial charge >= 0.3 is 0 Å². The Morgan fingerprint density at radius 2 is 2.00 bits per heavy atom. The summed E-state index contributed by atoms with van der Waals surface area (Å²) in [6.07, 6.45) is 0. The lowest BCUT2D eigenvalue weighted by Crippen LogP contribution is -1.97. The van der Waals surface area contributed by atoms with E-state index in [4.69, 9.17) is 4.74 Å². The fraction of sp³-hybridized carbons (Fsp3) is 0.188. The molecule has 102 valence electrons. The van der Waals surface area contributed by atoms with Crippen molar-refractivity contribution in [2.45, 2.75) is 13.5 Å². The summed E-state index contributed by atoms with van der Waals surface area (Å²) in [7, 11) is 0. The third kappa shape index (κ3) is 2.91. The largest absolute Gasteiger partial charge is 0.494 e. The third-order valence-electron chi connectivity index (χ3n) is 2.96. The normalized spacial score (nSPS) is 10.7. The minimum atomic E-state index is 0.684. The Balaban J connectivity index is 1.75. The molecule has 1 N–H and O–H groups in total. The maximum absolute atomic E-state index is 5.51. The predicted molar refractivity (Wildman–Crippen MR) is 84.6 cm³/mol. The Kier molecular flexibility index (Phi) is 3.83. The van der Waals surface area contributed by atoms with E-state index in [1.165, 1.54) is 5.56 Å². The van der Waals surface area contributed by atoms with Crippen molar-refractivity contribution in [3.05, 3.63) is 54.1 Å². The van der Waals surface area contributed by atoms with Crippen LogP contribution in [0.2, 0.25) is 0 Å². The van der Waals surface area contributed by atoms with Crippen LogP contribution in [0.5, 0.6) is 5.75 Å². The molecule has 0 saturated heterocycles. The first-order chi connectivity index (χ1) is 9.85. The lowest BCUT2D eigenvalue weighted by Gasteiger charge is -2.01. The summed E-state index contributed by atoms with van der Waals surface area (Å²) in [6.45, 7) is 3.46. The zero-order valence-corrected chi connectivity index (χ0v) is 12.1. The van der Waals surface area contributed by atoms with Crippen LogP contribution in [0.3, 0.4) is 0 Å². The van der Waals surface area contributed by atoms with Gasteiger partial charge in [0.25, 0.3) is 0 Å². The van der Waals surface area contributed by atoms with E-state index in [0.29, 0.717) is 6.61 Å². The van der Waals surface area contributed by atoms with Gasteiger partial charge in [0.2, 0.25) is 0 Å². The number of nitrogens with zero attached hydrogens (tertiary/aromatic N) is 1. The highest BCUT2D eigenvalue weighted by Gasteiger charge is 2.05. The van der Waals surface area contributed by atoms with Crippen LogP contribution in [0.4, 0.5) is 5.13 Å². The molecule has 0 bridgehead atoms. The summed E-state index contributed by atoms with van der Waals surface area (Å²) in [5, 5.41) is 4.31. The van der Waals surface area contributed by atoms with E-state index in [9.17, 15) is 0 Å². The van der Waals surface area contributed by atoms with Crippen molar-refractivity contribution in [2.24, 2.45) is 0 Å². The van der Waals surface area contributed by atoms with Crippen LogP contribution in [-0.4, -0.2) is 11.6 Å². The minimum Gasteiger partial charge on any atom is -0.494 e. The van der Waals surface area contributed by atoms with Crippen molar-refractivity contribution in [2.75, 3.05) is 11.9 Å². The molecular weight excluding hydrogens is 268 g/mol. The fourth-order valence-electron chi connectivity index (χ4n) is 2.01. The molecule has 3 aromatic rings. The standard InChI is InChI=1S/C16H16N2OS/c1-2-19-13-8-9-14-15(10-13)20-16(18-14)17-11-12-6-4-3-5-7-12/h3-10H,2,11H2,1H3,(H,17,18). The molecule has 0 fully saturated rings. The second-order valence-electron chi connectivity index (χ2n) is 4.42. The Hall–Kier alpha value is -2.07. The molecule has 0 aliphatic carbocycles. The summed E-state index contributed by atoms with van der Waals surface area (Å²) < 4.78 is 6.66. The maximum Gasteiger partial charge on any atom is 0.184 e. The molecule has 0 spiro atoms. The molecule has 0 saturated carbocycles. The average Bonchev–Trinajstić information content (AvgIpc) is 2.89. The van der Waals surface area contributed by atoms with Gasteiger partial charge in [-0.2, -0.15) is 0 Å². The molecule has 0 atom stereocenters. The Morgan fingerprint density at radius 1 is 1.15 bits per heavy atom. The van der Waals surface area contributed by atoms with Crippen LogP contribution in [0.1, 0.15) is 12.5 Å². The summed E-state index contributed by atoms with van der Waals surface area (Å²) in [5.74, 6) is 0.901. The first kappa shape index (κ1) is 12.9. The van der Waals surface area contributed by atoms with Crippen molar-refractivity contribution in [1.29, 1.82) is 0 Å². The zero-order chi connectivity index (χ0) is 13.8. The number of hydrogen-bond acceptors (Lipinski definition) is 4. The second-order valence-corrected chi connectivity index (χ2v) is 5.45. The van der Waals surface area contributed by atoms with Crippen LogP contribution in [0, 0.1) is 0 Å². The highest BCUT2D eigenvalue weighted by Crippen LogP contribution is 2.29. The van der Waals surface area contributed by atoms with Crippen LogP contribution < -0.4 is 10.1 Å². The van der Waals surface area contributed by atoms with Gasteiger partial charge in [0.15, 0.2) is 5.13 Å². The van der Waals surface area contributed by atoms with Gasteiger partial charge < -0.3 is 10.1 Å². The Labute approximate surface area is 122 Å². The van der Waals surface area contributed by atoms with Gasteiger partial charge in [-0.3, -0.25) is 0 Å². The van der Waals surface area contributed by atoms with Crippen molar-refractivity contribution < 1.29 is 4.74 Å². The number of rotatable bonds is 5. The highest BCUT2D eigenvalue weighted by atomic mass is 32.1. The Bertz CT molecular complexity index is 694. The fourth-order valence-corrected chi connectivity index (χ4v) is 2.90. The van der Waals surface area contributed by atoms with E-state index in [-0.39, 0.29) is 0 Å². The number of thiazole rings is 1. The summed E-state index contributed by atoms with van der Waals surface area (Å²) >= 11 is 1.65. The van der Waals surface area contributed by atoms with E-state index in [2.05, 4.69) is 22.4 Å². The van der Waals surface area contributed by atoms with Crippen LogP contribution in [-0.2, 0) is 6.54 Å². The molecule has 2 aromatic carbocycles. The average molecular weight is 284 g/mol. The third-order valence-corrected chi connectivity index (χ3v) is 3.93. The molecule has 4 heteroatoms. The maximum atomic E-state index is 5.51. The van der Waals surface area contributed by atoms with Gasteiger partial charge in [-0.1, -0.05) is 41.7 Å². The van der Waals surface area contributed by atoms with Crippen LogP contribution in [0.25, 0.3) is 10.2 Å². The van der Waals surface area contributed by atoms with E-state index < -0.39 is 0 Å². The van der Waals surface area contributed by atoms with Gasteiger partial charge in [0.05, 0.1) is 16.8 Å². The number of anilines is 1. The number of ether oxygens (including phenoxy) is 1. The van der Waals surface area contributed by atoms with Gasteiger partial charge in [-0.15, -0.1) is 0 Å². The molecule has 3 rings (SSSR count). The number of benzene rings is 2. The summed E-state index contributed by atoms with van der Waals surface area (Å²) in [5.41, 5.74) is 2.26. The summed E-state index contributed by atoms with van der Waals surface area (Å²) in [4.78, 5) is 4.58. The SMILES string of the molecule is CCOc1ccc2nc(NCc3ccccc3)sc2c1. The lowest BCUT2D eigenvalue weighted by atomic mass is 10.2. The monoisotopic (exact) mass is 284 g/mol. The number of aromatic nitrogens is 1. The molecule has 0 radical (unpaired) electrons. The number of fused-ring (bicyclic) bond motifs is 1. The molecule has 0 unspecified atom stereocenters. The van der Waals surface area contributed by atoms with Gasteiger partial charge in [0, 0.05) is 6.54 Å². The Morgan fingerprint density at radius 3 is 2.80 bits per heavy atom. The van der Waals surface area contributed by atoms with E-state index in [1.807, 2.05) is 43.3 Å². The lowest BCUT2D eigenvalue weighted by molar-refractivity contribution is 0.341. The van der Waals surface area contributed by atoms with Crippen LogP contribution >= 0.6 is 11.3 Å². The van der Waals surface area contributed by atoms with Gasteiger partial charge in [-0.05, 0) is 30.7 Å². The van der Waals surface area contributed by atoms with Crippen molar-refractivity contribution in [1.82, 2.24) is 4.98 Å². The van der Waals surface area contributed by atoms with Crippen LogP contribution in [0.15, 0.2) is 48.5 Å². The molecule has 1 heterocycles. The highest BCUT2D eigenvalue weighted by molar-refractivity contribution is 7.22. The van der Waals surface area contributed by atoms with Crippen molar-refractivity contribution >= 4 is 26.7 Å². The molecular formula is C16H16N2OS. The van der Waals surface area contributed by atoms with E-state index in [1.54, 1.807) is 11.3 Å². The second kappa shape index (κ2) is 5.92. The molecule has 0 aliphatic heterocycles. The quantitative estimate of drug-likeness (QED) is 0.758. The van der Waals surface area contributed by atoms with E-state index >= 15 is 0 Å². The first-order valence-corrected chi connectivity index (χ1v) is 7.48. The predicted octanol–water partition coefficient (Wildman–Crippen LogP) is 4.31. The van der Waals surface area contributed by atoms with Crippen molar-refractivity contribution in [3.8, 4) is 5.75 Å². The molecule has 1 aromatic heterocycles. The zero-order valence-electron chi connectivity index (χ0n) is 11.3. The molecule has 0 amide bonds. The molecule has 0 aliphatic rings. The van der Waals surface area contributed by atoms with Crippen molar-refractivity contribution in [3.63, 3.8) is 0 Å². The minimum absolute atomic E-state index is 0.684. The summed E-state index contributed by atoms with van der Waals surface area (Å²) in [6, 6.07) is 16.3. The molecule has 3 nitrogen and oxygen atoms in total. The number of nitrogens with one attached hydrogen (secondary N) is 1. The van der Waals surface area contributed by atoms with Gasteiger partial charge in [0.1, 0.15) is 5.75 Å². The first-order valence-electron chi connectivity index (χ1n) is 6.66. The smallest absolute Gasteiger partial charge is 0.184 e. The number of hydrogen-bond donors (Lipinski definition) is 1.